The molecule has 0 amide bonds. The Morgan fingerprint density at radius 1 is 1.00 bits per heavy atom. The second-order valence-corrected chi connectivity index (χ2v) is 6.94. The highest BCUT2D eigenvalue weighted by atomic mass is 16.5. The summed E-state index contributed by atoms with van der Waals surface area (Å²) in [5.74, 6) is 1.61. The van der Waals surface area contributed by atoms with E-state index in [0.717, 1.165) is 75.1 Å². The van der Waals surface area contributed by atoms with Crippen LogP contribution in [0.5, 0.6) is 5.75 Å². The first-order chi connectivity index (χ1) is 13.3. The normalized spacial score (nSPS) is 20.0. The van der Waals surface area contributed by atoms with E-state index in [1.807, 2.05) is 30.3 Å². The van der Waals surface area contributed by atoms with E-state index in [4.69, 9.17) is 10.5 Å². The first kappa shape index (κ1) is 17.9. The van der Waals surface area contributed by atoms with Crippen molar-refractivity contribution in [1.82, 2.24) is 14.9 Å². The summed E-state index contributed by atoms with van der Waals surface area (Å²) in [6.45, 7) is 5.16. The number of rotatable bonds is 6. The Hall–Kier alpha value is -2.51. The molecule has 142 valence electrons. The van der Waals surface area contributed by atoms with Crippen molar-refractivity contribution in [1.29, 1.82) is 0 Å². The molecule has 2 aromatic rings. The van der Waals surface area contributed by atoms with Gasteiger partial charge in [0.15, 0.2) is 6.23 Å². The van der Waals surface area contributed by atoms with Crippen LogP contribution in [0.4, 0.5) is 11.6 Å². The molecule has 1 atom stereocenters. The monoisotopic (exact) mass is 366 g/mol. The van der Waals surface area contributed by atoms with Gasteiger partial charge in [-0.15, -0.1) is 0 Å². The van der Waals surface area contributed by atoms with Crippen molar-refractivity contribution in [2.45, 2.75) is 25.5 Å². The third kappa shape index (κ3) is 4.43. The number of hydrogen-bond donors (Lipinski definition) is 1. The zero-order valence-electron chi connectivity index (χ0n) is 15.5. The van der Waals surface area contributed by atoms with Crippen molar-refractivity contribution in [2.24, 2.45) is 10.7 Å². The second-order valence-electron chi connectivity index (χ2n) is 6.94. The number of unbranched alkanes of at least 4 members (excludes halogenated alkanes) is 1. The molecule has 2 aliphatic rings. The lowest BCUT2D eigenvalue weighted by Crippen LogP contribution is -2.47. The molecule has 0 saturated carbocycles. The fourth-order valence-electron chi connectivity index (χ4n) is 3.54. The van der Waals surface area contributed by atoms with Gasteiger partial charge in [0.25, 0.3) is 0 Å². The van der Waals surface area contributed by atoms with Gasteiger partial charge in [0, 0.05) is 38.6 Å². The van der Waals surface area contributed by atoms with Crippen LogP contribution in [0, 0.1) is 0 Å². The molecule has 1 unspecified atom stereocenters. The zero-order chi connectivity index (χ0) is 18.5. The molecule has 0 aliphatic carbocycles. The fourth-order valence-corrected chi connectivity index (χ4v) is 3.54. The van der Waals surface area contributed by atoms with Gasteiger partial charge in [-0.1, -0.05) is 12.1 Å². The standard InChI is InChI=1S/C20H26N6O/c21-19-17(24-16-6-1-2-8-18(16)27-19)7-3-4-11-25-12-14-26(15-13-25)20-22-9-5-10-23-20/h1-2,5-6,8-10,19H,3-4,7,11-15,21H2. The smallest absolute Gasteiger partial charge is 0.225 e. The molecular weight excluding hydrogens is 340 g/mol. The number of hydrogen-bond acceptors (Lipinski definition) is 7. The van der Waals surface area contributed by atoms with Crippen LogP contribution in [0.1, 0.15) is 19.3 Å². The number of piperazine rings is 1. The van der Waals surface area contributed by atoms with Crippen molar-refractivity contribution < 1.29 is 4.74 Å². The first-order valence-corrected chi connectivity index (χ1v) is 9.62. The van der Waals surface area contributed by atoms with Gasteiger partial charge >= 0.3 is 0 Å². The SMILES string of the molecule is NC1Oc2ccccc2N=C1CCCCN1CCN(c2ncccn2)CC1. The van der Waals surface area contributed by atoms with Gasteiger partial charge in [-0.05, 0) is 44.0 Å². The van der Waals surface area contributed by atoms with E-state index < -0.39 is 6.23 Å². The van der Waals surface area contributed by atoms with E-state index >= 15 is 0 Å². The third-order valence-electron chi connectivity index (χ3n) is 5.08. The number of anilines is 1. The van der Waals surface area contributed by atoms with Crippen molar-refractivity contribution in [3.8, 4) is 5.75 Å². The van der Waals surface area contributed by atoms with Crippen LogP contribution in [0.2, 0.25) is 0 Å². The van der Waals surface area contributed by atoms with E-state index in [1.165, 1.54) is 0 Å². The molecule has 7 nitrogen and oxygen atoms in total. The molecule has 4 rings (SSSR count). The molecule has 1 fully saturated rings. The fraction of sp³-hybridized carbons (Fsp3) is 0.450. The molecule has 27 heavy (non-hydrogen) atoms. The Kier molecular flexibility index (Phi) is 5.60. The maximum absolute atomic E-state index is 6.11. The highest BCUT2D eigenvalue weighted by Gasteiger charge is 2.21. The lowest BCUT2D eigenvalue weighted by molar-refractivity contribution is 0.250. The van der Waals surface area contributed by atoms with E-state index in [2.05, 4.69) is 24.8 Å². The van der Waals surface area contributed by atoms with E-state index in [-0.39, 0.29) is 0 Å². The topological polar surface area (TPSA) is 79.9 Å². The minimum absolute atomic E-state index is 0.422. The molecule has 0 radical (unpaired) electrons. The largest absolute Gasteiger partial charge is 0.468 e. The molecule has 2 N–H and O–H groups in total. The van der Waals surface area contributed by atoms with Crippen molar-refractivity contribution in [3.05, 3.63) is 42.7 Å². The number of fused-ring (bicyclic) bond motifs is 1. The highest BCUT2D eigenvalue weighted by Crippen LogP contribution is 2.31. The summed E-state index contributed by atoms with van der Waals surface area (Å²) < 4.78 is 5.76. The highest BCUT2D eigenvalue weighted by molar-refractivity contribution is 5.92. The predicted octanol–water partition coefficient (Wildman–Crippen LogP) is 2.22. The molecule has 1 aromatic heterocycles. The number of para-hydroxylation sites is 2. The van der Waals surface area contributed by atoms with E-state index in [1.54, 1.807) is 12.4 Å². The quantitative estimate of drug-likeness (QED) is 0.790. The Labute approximate surface area is 159 Å². The number of nitrogens with two attached hydrogens (primary N) is 1. The van der Waals surface area contributed by atoms with Crippen LogP contribution >= 0.6 is 0 Å². The number of ether oxygens (including phenoxy) is 1. The molecule has 0 spiro atoms. The maximum Gasteiger partial charge on any atom is 0.225 e. The van der Waals surface area contributed by atoms with Crippen LogP contribution in [-0.2, 0) is 0 Å². The minimum atomic E-state index is -0.422. The number of aliphatic imine (C=N–C) groups is 1. The number of aromatic nitrogens is 2. The number of benzene rings is 1. The molecule has 2 aliphatic heterocycles. The van der Waals surface area contributed by atoms with Crippen LogP contribution in [-0.4, -0.2) is 59.5 Å². The average molecular weight is 366 g/mol. The van der Waals surface area contributed by atoms with Gasteiger partial charge in [0.2, 0.25) is 5.95 Å². The Morgan fingerprint density at radius 3 is 2.59 bits per heavy atom. The predicted molar refractivity (Wildman–Crippen MR) is 107 cm³/mol. The zero-order valence-corrected chi connectivity index (χ0v) is 15.5. The Morgan fingerprint density at radius 2 is 1.78 bits per heavy atom. The van der Waals surface area contributed by atoms with Crippen molar-refractivity contribution >= 4 is 17.3 Å². The van der Waals surface area contributed by atoms with Gasteiger partial charge in [0.05, 0.1) is 5.71 Å². The maximum atomic E-state index is 6.11. The molecule has 0 bridgehead atoms. The van der Waals surface area contributed by atoms with Crippen LogP contribution in [0.3, 0.4) is 0 Å². The van der Waals surface area contributed by atoms with E-state index in [9.17, 15) is 0 Å². The number of nitrogens with zero attached hydrogens (tertiary/aromatic N) is 5. The summed E-state index contributed by atoms with van der Waals surface area (Å²) in [5.41, 5.74) is 7.94. The first-order valence-electron chi connectivity index (χ1n) is 9.62. The van der Waals surface area contributed by atoms with Gasteiger partial charge in [0.1, 0.15) is 11.4 Å². The Bertz CT molecular complexity index is 773. The van der Waals surface area contributed by atoms with Gasteiger partial charge in [-0.3, -0.25) is 10.6 Å². The van der Waals surface area contributed by atoms with Crippen molar-refractivity contribution in [2.75, 3.05) is 37.6 Å². The summed E-state index contributed by atoms with van der Waals surface area (Å²) in [6, 6.07) is 9.65. The lowest BCUT2D eigenvalue weighted by Gasteiger charge is -2.34. The molecule has 3 heterocycles. The molecule has 1 aromatic carbocycles. The third-order valence-corrected chi connectivity index (χ3v) is 5.08. The summed E-state index contributed by atoms with van der Waals surface area (Å²) >= 11 is 0. The van der Waals surface area contributed by atoms with Gasteiger partial charge < -0.3 is 9.64 Å². The van der Waals surface area contributed by atoms with Crippen LogP contribution < -0.4 is 15.4 Å². The van der Waals surface area contributed by atoms with Gasteiger partial charge in [-0.2, -0.15) is 0 Å². The minimum Gasteiger partial charge on any atom is -0.468 e. The van der Waals surface area contributed by atoms with Crippen LogP contribution in [0.15, 0.2) is 47.7 Å². The Balaban J connectivity index is 1.20. The summed E-state index contributed by atoms with van der Waals surface area (Å²) in [6.07, 6.45) is 6.27. The summed E-state index contributed by atoms with van der Waals surface area (Å²) in [7, 11) is 0. The van der Waals surface area contributed by atoms with E-state index in [0.29, 0.717) is 0 Å². The molecule has 7 heteroatoms. The molecule has 1 saturated heterocycles. The van der Waals surface area contributed by atoms with Crippen molar-refractivity contribution in [3.63, 3.8) is 0 Å². The summed E-state index contributed by atoms with van der Waals surface area (Å²) in [5, 5.41) is 0. The van der Waals surface area contributed by atoms with Crippen LogP contribution in [0.25, 0.3) is 0 Å². The average Bonchev–Trinajstić information content (AvgIpc) is 2.72. The lowest BCUT2D eigenvalue weighted by atomic mass is 10.1. The second kappa shape index (κ2) is 8.45. The van der Waals surface area contributed by atoms with Gasteiger partial charge in [-0.25, -0.2) is 15.0 Å². The molecular formula is C20H26N6O. The summed E-state index contributed by atoms with van der Waals surface area (Å²) in [4.78, 5) is 18.1.